The van der Waals surface area contributed by atoms with Crippen molar-refractivity contribution in [2.24, 2.45) is 5.11 Å². The predicted molar refractivity (Wildman–Crippen MR) is 61.6 cm³/mol. The molecule has 0 atom stereocenters. The number of phenols is 1. The van der Waals surface area contributed by atoms with Gasteiger partial charge < -0.3 is 9.84 Å². The minimum atomic E-state index is -0.791. The van der Waals surface area contributed by atoms with E-state index < -0.39 is 11.5 Å². The highest BCUT2D eigenvalue weighted by Crippen LogP contribution is 2.29. The second-order valence-corrected chi connectivity index (χ2v) is 3.97. The number of hydrogen-bond donors (Lipinski definition) is 1. The summed E-state index contributed by atoms with van der Waals surface area (Å²) in [4.78, 5) is 14.0. The van der Waals surface area contributed by atoms with Gasteiger partial charge in [0.25, 0.3) is 0 Å². The molecule has 0 unspecified atom stereocenters. The number of rotatable bonds is 3. The van der Waals surface area contributed by atoms with E-state index >= 15 is 0 Å². The highest BCUT2D eigenvalue weighted by molar-refractivity contribution is 5.92. The fourth-order valence-electron chi connectivity index (χ4n) is 1.36. The number of phenolic OH excluding ortho intramolecular Hbond substituents is 1. The van der Waals surface area contributed by atoms with E-state index in [2.05, 4.69) is 14.8 Å². The molecule has 0 aliphatic heterocycles. The van der Waals surface area contributed by atoms with Gasteiger partial charge >= 0.3 is 5.97 Å². The normalized spacial score (nSPS) is 10.5. The third-order valence-corrected chi connectivity index (χ3v) is 2.40. The van der Waals surface area contributed by atoms with Crippen LogP contribution < -0.4 is 0 Å². The fraction of sp³-hybridized carbons (Fsp3) is 0.364. The van der Waals surface area contributed by atoms with Crippen molar-refractivity contribution in [2.45, 2.75) is 19.4 Å². The summed E-state index contributed by atoms with van der Waals surface area (Å²) in [5.74, 6) is -0.814. The Balaban J connectivity index is 3.21. The molecule has 1 aromatic carbocycles. The minimum Gasteiger partial charge on any atom is -0.507 e. The van der Waals surface area contributed by atoms with Crippen LogP contribution in [0.25, 0.3) is 10.4 Å². The van der Waals surface area contributed by atoms with Gasteiger partial charge in [0.05, 0.1) is 12.6 Å². The van der Waals surface area contributed by atoms with Gasteiger partial charge in [0.2, 0.25) is 0 Å². The average Bonchev–Trinajstić information content (AvgIpc) is 2.28. The SMILES string of the molecule is COC(=O)c1ccc(C(C)(C)N=[N+]=[N-])cc1O. The molecule has 0 amide bonds. The zero-order valence-electron chi connectivity index (χ0n) is 9.84. The minimum absolute atomic E-state index is 0.0768. The lowest BCUT2D eigenvalue weighted by molar-refractivity contribution is 0.0597. The van der Waals surface area contributed by atoms with Crippen LogP contribution in [0.1, 0.15) is 29.8 Å². The highest BCUT2D eigenvalue weighted by Gasteiger charge is 2.21. The van der Waals surface area contributed by atoms with Crippen LogP contribution in [0, 0.1) is 0 Å². The van der Waals surface area contributed by atoms with Crippen molar-refractivity contribution < 1.29 is 14.6 Å². The molecule has 0 fully saturated rings. The summed E-state index contributed by atoms with van der Waals surface area (Å²) in [7, 11) is 1.24. The lowest BCUT2D eigenvalue weighted by Gasteiger charge is -2.19. The summed E-state index contributed by atoms with van der Waals surface area (Å²) >= 11 is 0. The standard InChI is InChI=1S/C11H13N3O3/c1-11(2,13-14-12)7-4-5-8(9(15)6-7)10(16)17-3/h4-6,15H,1-3H3. The van der Waals surface area contributed by atoms with Gasteiger partial charge in [-0.05, 0) is 23.2 Å². The van der Waals surface area contributed by atoms with Crippen LogP contribution in [0.2, 0.25) is 0 Å². The molecule has 0 spiro atoms. The molecule has 0 saturated heterocycles. The Kier molecular flexibility index (Phi) is 3.60. The average molecular weight is 235 g/mol. The summed E-state index contributed by atoms with van der Waals surface area (Å²) in [6.45, 7) is 3.42. The number of esters is 1. The zero-order chi connectivity index (χ0) is 13.1. The summed E-state index contributed by atoms with van der Waals surface area (Å²) in [6, 6.07) is 4.44. The molecule has 1 N–H and O–H groups in total. The first kappa shape index (κ1) is 12.9. The quantitative estimate of drug-likeness (QED) is 0.377. The Bertz CT molecular complexity index is 491. The molecule has 1 aromatic rings. The third-order valence-electron chi connectivity index (χ3n) is 2.40. The van der Waals surface area contributed by atoms with E-state index in [4.69, 9.17) is 5.53 Å². The Hall–Kier alpha value is -2.20. The molecular weight excluding hydrogens is 222 g/mol. The number of nitrogens with zero attached hydrogens (tertiary/aromatic N) is 3. The largest absolute Gasteiger partial charge is 0.507 e. The van der Waals surface area contributed by atoms with Crippen LogP contribution in [0.5, 0.6) is 5.75 Å². The van der Waals surface area contributed by atoms with E-state index in [1.807, 2.05) is 0 Å². The van der Waals surface area contributed by atoms with Crippen molar-refractivity contribution in [3.63, 3.8) is 0 Å². The second-order valence-electron chi connectivity index (χ2n) is 3.97. The Morgan fingerprint density at radius 2 is 2.18 bits per heavy atom. The molecule has 90 valence electrons. The number of benzene rings is 1. The zero-order valence-corrected chi connectivity index (χ0v) is 9.84. The van der Waals surface area contributed by atoms with E-state index in [9.17, 15) is 9.90 Å². The first-order chi connectivity index (χ1) is 7.92. The fourth-order valence-corrected chi connectivity index (χ4v) is 1.36. The lowest BCUT2D eigenvalue weighted by Crippen LogP contribution is -2.13. The number of ether oxygens (including phenoxy) is 1. The van der Waals surface area contributed by atoms with Gasteiger partial charge in [0.1, 0.15) is 11.3 Å². The maximum atomic E-state index is 11.3. The molecule has 6 nitrogen and oxygen atoms in total. The van der Waals surface area contributed by atoms with Crippen molar-refractivity contribution in [1.82, 2.24) is 0 Å². The van der Waals surface area contributed by atoms with E-state index in [-0.39, 0.29) is 11.3 Å². The number of aromatic hydroxyl groups is 1. The Morgan fingerprint density at radius 1 is 1.53 bits per heavy atom. The number of hydrogen-bond acceptors (Lipinski definition) is 4. The van der Waals surface area contributed by atoms with Crippen molar-refractivity contribution in [3.8, 4) is 5.75 Å². The van der Waals surface area contributed by atoms with Crippen molar-refractivity contribution >= 4 is 5.97 Å². The van der Waals surface area contributed by atoms with Gasteiger partial charge in [-0.25, -0.2) is 4.79 Å². The molecule has 0 aromatic heterocycles. The Labute approximate surface area is 98.5 Å². The summed E-state index contributed by atoms with van der Waals surface area (Å²) in [5, 5.41) is 13.3. The maximum Gasteiger partial charge on any atom is 0.341 e. The molecule has 0 bridgehead atoms. The van der Waals surface area contributed by atoms with Crippen molar-refractivity contribution in [3.05, 3.63) is 39.8 Å². The smallest absolute Gasteiger partial charge is 0.341 e. The Morgan fingerprint density at radius 3 is 2.65 bits per heavy atom. The van der Waals surface area contributed by atoms with Crippen LogP contribution >= 0.6 is 0 Å². The second kappa shape index (κ2) is 4.76. The first-order valence-electron chi connectivity index (χ1n) is 4.90. The molecule has 17 heavy (non-hydrogen) atoms. The highest BCUT2D eigenvalue weighted by atomic mass is 16.5. The molecule has 6 heteroatoms. The monoisotopic (exact) mass is 235 g/mol. The first-order valence-corrected chi connectivity index (χ1v) is 4.90. The van der Waals surface area contributed by atoms with Crippen LogP contribution in [-0.4, -0.2) is 18.2 Å². The van der Waals surface area contributed by atoms with Crippen LogP contribution in [-0.2, 0) is 10.3 Å². The van der Waals surface area contributed by atoms with Gasteiger partial charge in [0, 0.05) is 4.91 Å². The summed E-state index contributed by atoms with van der Waals surface area (Å²) in [6.07, 6.45) is 0. The van der Waals surface area contributed by atoms with Gasteiger partial charge in [-0.1, -0.05) is 25.0 Å². The molecule has 0 aliphatic rings. The van der Waals surface area contributed by atoms with Crippen LogP contribution in [0.4, 0.5) is 0 Å². The van der Waals surface area contributed by atoms with E-state index in [1.165, 1.54) is 19.2 Å². The van der Waals surface area contributed by atoms with E-state index in [0.717, 1.165) is 0 Å². The van der Waals surface area contributed by atoms with Crippen LogP contribution in [0.15, 0.2) is 23.3 Å². The molecule has 0 aliphatic carbocycles. The van der Waals surface area contributed by atoms with Gasteiger partial charge in [-0.2, -0.15) is 0 Å². The molecule has 0 saturated carbocycles. The van der Waals surface area contributed by atoms with Crippen molar-refractivity contribution in [2.75, 3.05) is 7.11 Å². The van der Waals surface area contributed by atoms with Crippen LogP contribution in [0.3, 0.4) is 0 Å². The third kappa shape index (κ3) is 2.68. The number of methoxy groups -OCH3 is 1. The van der Waals surface area contributed by atoms with Gasteiger partial charge in [0.15, 0.2) is 0 Å². The van der Waals surface area contributed by atoms with Crippen molar-refractivity contribution in [1.29, 1.82) is 0 Å². The van der Waals surface area contributed by atoms with Gasteiger partial charge in [-0.3, -0.25) is 0 Å². The predicted octanol–water partition coefficient (Wildman–Crippen LogP) is 2.72. The lowest BCUT2D eigenvalue weighted by atomic mass is 9.94. The topological polar surface area (TPSA) is 95.3 Å². The number of carbonyl (C=O) groups is 1. The summed E-state index contributed by atoms with van der Waals surface area (Å²) < 4.78 is 4.51. The maximum absolute atomic E-state index is 11.3. The number of carbonyl (C=O) groups excluding carboxylic acids is 1. The molecule has 0 radical (unpaired) electrons. The van der Waals surface area contributed by atoms with E-state index in [0.29, 0.717) is 5.56 Å². The summed E-state index contributed by atoms with van der Waals surface area (Å²) in [5.41, 5.74) is 8.33. The number of azide groups is 1. The molecular formula is C11H13N3O3. The van der Waals surface area contributed by atoms with E-state index in [1.54, 1.807) is 19.9 Å². The van der Waals surface area contributed by atoms with Gasteiger partial charge in [-0.15, -0.1) is 0 Å². The molecule has 1 rings (SSSR count). The molecule has 0 heterocycles.